The smallest absolute Gasteiger partial charge is 0.312 e. The summed E-state index contributed by atoms with van der Waals surface area (Å²) in [6, 6.07) is 0. The van der Waals surface area contributed by atoms with E-state index >= 15 is 0 Å². The molecule has 4 atom stereocenters. The molecule has 0 amide bonds. The van der Waals surface area contributed by atoms with Crippen LogP contribution < -0.4 is 0 Å². The van der Waals surface area contributed by atoms with Gasteiger partial charge in [0.25, 0.3) is 0 Å². The zero-order valence-corrected chi connectivity index (χ0v) is 7.90. The van der Waals surface area contributed by atoms with Crippen LogP contribution in [0.15, 0.2) is 17.9 Å². The quantitative estimate of drug-likeness (QED) is 0.433. The molecule has 4 nitrogen and oxygen atoms in total. The van der Waals surface area contributed by atoms with Crippen molar-refractivity contribution in [3.8, 4) is 0 Å². The van der Waals surface area contributed by atoms with Gasteiger partial charge in [0.15, 0.2) is 19.2 Å². The van der Waals surface area contributed by atoms with E-state index in [0.29, 0.717) is 0 Å². The Labute approximate surface area is 90.1 Å². The molecule has 1 aliphatic heterocycles. The maximum Gasteiger partial charge on any atom is 0.312 e. The molecule has 0 spiro atoms. The molecule has 0 bridgehead atoms. The molecule has 1 aliphatic rings. The van der Waals surface area contributed by atoms with Crippen molar-refractivity contribution in [3.05, 3.63) is 17.9 Å². The van der Waals surface area contributed by atoms with Gasteiger partial charge in [-0.1, -0.05) is 5.73 Å². The first-order chi connectivity index (χ1) is 7.24. The van der Waals surface area contributed by atoms with E-state index in [1.807, 2.05) is 0 Å². The number of rotatable bonds is 2. The average molecular weight is 236 g/mol. The van der Waals surface area contributed by atoms with Gasteiger partial charge in [0.1, 0.15) is 12.2 Å². The zero-order valence-electron chi connectivity index (χ0n) is 7.90. The highest BCUT2D eigenvalue weighted by atomic mass is 19.3. The van der Waals surface area contributed by atoms with Crippen LogP contribution in [0.25, 0.3) is 0 Å². The molecule has 1 saturated heterocycles. The summed E-state index contributed by atoms with van der Waals surface area (Å²) in [5.74, 6) is -3.29. The lowest BCUT2D eigenvalue weighted by atomic mass is 9.78. The van der Waals surface area contributed by atoms with Gasteiger partial charge >= 0.3 is 6.08 Å². The van der Waals surface area contributed by atoms with Crippen molar-refractivity contribution < 1.29 is 33.2 Å². The molecule has 0 aromatic heterocycles. The third kappa shape index (κ3) is 2.02. The molecule has 0 aliphatic carbocycles. The molecule has 8 heteroatoms. The molecule has 1 heterocycles. The first-order valence-electron chi connectivity index (χ1n) is 4.20. The second-order valence-corrected chi connectivity index (χ2v) is 3.30. The largest absolute Gasteiger partial charge is 0.394 e. The molecule has 16 heavy (non-hydrogen) atoms. The number of hydrogen-bond acceptors (Lipinski definition) is 4. The van der Waals surface area contributed by atoms with Gasteiger partial charge in [-0.15, -0.1) is 0 Å². The third-order valence-corrected chi connectivity index (χ3v) is 2.25. The van der Waals surface area contributed by atoms with Gasteiger partial charge in [-0.3, -0.25) is 0 Å². The lowest BCUT2D eigenvalue weighted by Crippen LogP contribution is -2.53. The van der Waals surface area contributed by atoms with E-state index in [1.54, 1.807) is 0 Å². The Morgan fingerprint density at radius 3 is 2.50 bits per heavy atom. The predicted octanol–water partition coefficient (Wildman–Crippen LogP) is -0.803. The summed E-state index contributed by atoms with van der Waals surface area (Å²) in [6.45, 7) is -0.831. The van der Waals surface area contributed by atoms with Crippen molar-refractivity contribution >= 4 is 7.85 Å². The van der Waals surface area contributed by atoms with Crippen LogP contribution in [0.1, 0.15) is 0 Å². The Morgan fingerprint density at radius 1 is 1.56 bits per heavy atom. The van der Waals surface area contributed by atoms with E-state index in [0.717, 1.165) is 0 Å². The highest BCUT2D eigenvalue weighted by Crippen LogP contribution is 2.40. The van der Waals surface area contributed by atoms with Crippen LogP contribution >= 0.6 is 0 Å². The van der Waals surface area contributed by atoms with Gasteiger partial charge in [-0.2, -0.15) is 8.78 Å². The molecule has 1 unspecified atom stereocenters. The van der Waals surface area contributed by atoms with E-state index in [-0.39, 0.29) is 6.08 Å². The van der Waals surface area contributed by atoms with Crippen molar-refractivity contribution in [3.63, 3.8) is 0 Å². The molecular formula is C8H8BF3O4. The fraction of sp³-hybridized carbons (Fsp3) is 0.625. The summed E-state index contributed by atoms with van der Waals surface area (Å²) in [6.07, 6.45) is -5.66. The minimum absolute atomic E-state index is 0.169. The maximum absolute atomic E-state index is 13.5. The second kappa shape index (κ2) is 4.23. The zero-order chi connectivity index (χ0) is 12.6. The van der Waals surface area contributed by atoms with Gasteiger partial charge in [-0.25, -0.2) is 4.39 Å². The lowest BCUT2D eigenvalue weighted by molar-refractivity contribution is -0.144. The molecule has 1 rings (SSSR count). The molecule has 0 aromatic rings. The predicted molar refractivity (Wildman–Crippen MR) is 46.3 cm³/mol. The Kier molecular flexibility index (Phi) is 3.51. The lowest BCUT2D eigenvalue weighted by Gasteiger charge is -2.29. The van der Waals surface area contributed by atoms with Crippen molar-refractivity contribution in [2.45, 2.75) is 23.6 Å². The van der Waals surface area contributed by atoms with E-state index < -0.39 is 36.3 Å². The monoisotopic (exact) mass is 236 g/mol. The van der Waals surface area contributed by atoms with Gasteiger partial charge in [0.2, 0.25) is 0 Å². The highest BCUT2D eigenvalue weighted by molar-refractivity contribution is 6.14. The van der Waals surface area contributed by atoms with Gasteiger partial charge in [0, 0.05) is 6.08 Å². The summed E-state index contributed by atoms with van der Waals surface area (Å²) in [7, 11) is 4.86. The summed E-state index contributed by atoms with van der Waals surface area (Å²) < 4.78 is 41.3. The van der Waals surface area contributed by atoms with Crippen LogP contribution in [-0.2, 0) is 4.74 Å². The normalized spacial score (nSPS) is 42.9. The number of ether oxygens (including phenoxy) is 1. The topological polar surface area (TPSA) is 69.9 Å². The van der Waals surface area contributed by atoms with Crippen LogP contribution in [0.4, 0.5) is 13.2 Å². The molecule has 0 saturated carbocycles. The van der Waals surface area contributed by atoms with Crippen LogP contribution in [-0.4, -0.2) is 53.3 Å². The van der Waals surface area contributed by atoms with Crippen LogP contribution in [0, 0.1) is 0 Å². The number of aliphatic hydroxyl groups is 3. The SMILES string of the molecule is [B][C@]1(F)O[C@H](CO)[C@H](O)C1(O)C=C=C(F)F. The highest BCUT2D eigenvalue weighted by Gasteiger charge is 2.61. The second-order valence-electron chi connectivity index (χ2n) is 3.30. The Bertz CT molecular complexity index is 338. The van der Waals surface area contributed by atoms with Crippen LogP contribution in [0.3, 0.4) is 0 Å². The van der Waals surface area contributed by atoms with E-state index in [4.69, 9.17) is 13.0 Å². The van der Waals surface area contributed by atoms with E-state index in [9.17, 15) is 23.4 Å². The minimum Gasteiger partial charge on any atom is -0.394 e. The fourth-order valence-electron chi connectivity index (χ4n) is 1.35. The van der Waals surface area contributed by atoms with Crippen molar-refractivity contribution in [1.82, 2.24) is 0 Å². The van der Waals surface area contributed by atoms with Crippen molar-refractivity contribution in [1.29, 1.82) is 0 Å². The Morgan fingerprint density at radius 2 is 2.12 bits per heavy atom. The van der Waals surface area contributed by atoms with Crippen LogP contribution in [0.2, 0.25) is 0 Å². The minimum atomic E-state index is -3.29. The van der Waals surface area contributed by atoms with E-state index in [1.165, 1.54) is 5.73 Å². The number of hydrogen-bond donors (Lipinski definition) is 3. The van der Waals surface area contributed by atoms with Gasteiger partial charge < -0.3 is 20.1 Å². The van der Waals surface area contributed by atoms with Gasteiger partial charge in [-0.05, 0) is 0 Å². The van der Waals surface area contributed by atoms with E-state index in [2.05, 4.69) is 4.74 Å². The number of halogens is 3. The summed E-state index contributed by atoms with van der Waals surface area (Å²) in [4.78, 5) is 0. The summed E-state index contributed by atoms with van der Waals surface area (Å²) >= 11 is 0. The molecule has 3 N–H and O–H groups in total. The number of alkyl halides is 1. The summed E-state index contributed by atoms with van der Waals surface area (Å²) in [5.41, 5.74) is -1.67. The first kappa shape index (κ1) is 13.3. The molecular weight excluding hydrogens is 228 g/mol. The first-order valence-corrected chi connectivity index (χ1v) is 4.20. The van der Waals surface area contributed by atoms with Crippen molar-refractivity contribution in [2.75, 3.05) is 6.61 Å². The van der Waals surface area contributed by atoms with Crippen molar-refractivity contribution in [2.24, 2.45) is 0 Å². The molecule has 1 fully saturated rings. The molecule has 88 valence electrons. The Balaban J connectivity index is 3.14. The average Bonchev–Trinajstić information content (AvgIpc) is 2.36. The van der Waals surface area contributed by atoms with Gasteiger partial charge in [0.05, 0.1) is 6.61 Å². The summed E-state index contributed by atoms with van der Waals surface area (Å²) in [5, 5.41) is 27.6. The molecule has 0 aromatic carbocycles. The third-order valence-electron chi connectivity index (χ3n) is 2.25. The maximum atomic E-state index is 13.5. The molecule has 2 radical (unpaired) electrons. The number of aliphatic hydroxyl groups excluding tert-OH is 2. The standard InChI is InChI=1S/C8H8BF3O4/c9-8(12)7(15,2-1-5(10)11)6(14)4(3-13)16-8/h2,4,6,13-15H,3H2/t4-,6+,7?,8-/m1/s1. The Hall–Kier alpha value is -0.785. The fourth-order valence-corrected chi connectivity index (χ4v) is 1.35. The van der Waals surface area contributed by atoms with Crippen LogP contribution in [0.5, 0.6) is 0 Å².